The zero-order valence-corrected chi connectivity index (χ0v) is 13.8. The molecular weight excluding hydrogens is 298 g/mol. The molecule has 124 valence electrons. The molecule has 2 rings (SSSR count). The highest BCUT2D eigenvalue weighted by atomic mass is 16.6. The maximum Gasteiger partial charge on any atom is 0.338 e. The lowest BCUT2D eigenvalue weighted by Gasteiger charge is -2.14. The SMILES string of the molecule is CC(C)COCC(C)OC(=O)c1ccc2c(c1)C(=O)N(C)C2=O. The lowest BCUT2D eigenvalue weighted by Crippen LogP contribution is -2.24. The van der Waals surface area contributed by atoms with Crippen molar-refractivity contribution in [2.24, 2.45) is 5.92 Å². The molecule has 0 radical (unpaired) electrons. The quantitative estimate of drug-likeness (QED) is 0.593. The summed E-state index contributed by atoms with van der Waals surface area (Å²) in [5, 5.41) is 0. The summed E-state index contributed by atoms with van der Waals surface area (Å²) in [6, 6.07) is 4.38. The summed E-state index contributed by atoms with van der Waals surface area (Å²) in [4.78, 5) is 36.9. The summed E-state index contributed by atoms with van der Waals surface area (Å²) in [7, 11) is 1.41. The number of rotatable bonds is 6. The number of fused-ring (bicyclic) bond motifs is 1. The van der Waals surface area contributed by atoms with Crippen molar-refractivity contribution in [3.05, 3.63) is 34.9 Å². The van der Waals surface area contributed by atoms with E-state index in [-0.39, 0.29) is 17.0 Å². The summed E-state index contributed by atoms with van der Waals surface area (Å²) in [6.07, 6.45) is -0.394. The third kappa shape index (κ3) is 3.76. The average Bonchev–Trinajstić information content (AvgIpc) is 2.71. The smallest absolute Gasteiger partial charge is 0.338 e. The fraction of sp³-hybridized carbons (Fsp3) is 0.471. The summed E-state index contributed by atoms with van der Waals surface area (Å²) in [5.41, 5.74) is 0.786. The van der Waals surface area contributed by atoms with Crippen LogP contribution in [0.2, 0.25) is 0 Å². The zero-order chi connectivity index (χ0) is 17.1. The first kappa shape index (κ1) is 17.1. The summed E-state index contributed by atoms with van der Waals surface area (Å²) in [5.74, 6) is -0.897. The van der Waals surface area contributed by atoms with Crippen LogP contribution >= 0.6 is 0 Å². The van der Waals surface area contributed by atoms with E-state index in [0.29, 0.717) is 24.7 Å². The maximum atomic E-state index is 12.1. The molecule has 0 fully saturated rings. The molecule has 1 aromatic carbocycles. The van der Waals surface area contributed by atoms with Crippen molar-refractivity contribution in [3.8, 4) is 0 Å². The number of carbonyl (C=O) groups excluding carboxylic acids is 3. The molecule has 1 unspecified atom stereocenters. The van der Waals surface area contributed by atoms with E-state index in [2.05, 4.69) is 0 Å². The molecule has 1 atom stereocenters. The van der Waals surface area contributed by atoms with E-state index in [9.17, 15) is 14.4 Å². The number of nitrogens with zero attached hydrogens (tertiary/aromatic N) is 1. The van der Waals surface area contributed by atoms with Crippen molar-refractivity contribution in [3.63, 3.8) is 0 Å². The van der Waals surface area contributed by atoms with Gasteiger partial charge in [-0.05, 0) is 31.0 Å². The van der Waals surface area contributed by atoms with Crippen LogP contribution in [-0.2, 0) is 9.47 Å². The van der Waals surface area contributed by atoms with Crippen molar-refractivity contribution in [1.82, 2.24) is 4.90 Å². The Morgan fingerprint density at radius 2 is 1.74 bits per heavy atom. The van der Waals surface area contributed by atoms with Crippen molar-refractivity contribution in [2.45, 2.75) is 26.9 Å². The van der Waals surface area contributed by atoms with Crippen LogP contribution in [0.15, 0.2) is 18.2 Å². The number of imide groups is 1. The minimum absolute atomic E-state index is 0.232. The minimum Gasteiger partial charge on any atom is -0.457 e. The van der Waals surface area contributed by atoms with E-state index in [1.165, 1.54) is 25.2 Å². The Morgan fingerprint density at radius 3 is 2.39 bits per heavy atom. The second-order valence-electron chi connectivity index (χ2n) is 6.08. The molecule has 0 N–H and O–H groups in total. The van der Waals surface area contributed by atoms with Gasteiger partial charge in [0.25, 0.3) is 11.8 Å². The van der Waals surface area contributed by atoms with Gasteiger partial charge in [-0.25, -0.2) is 4.79 Å². The number of benzene rings is 1. The van der Waals surface area contributed by atoms with E-state index < -0.39 is 18.0 Å². The van der Waals surface area contributed by atoms with E-state index >= 15 is 0 Å². The van der Waals surface area contributed by atoms with Crippen molar-refractivity contribution in [1.29, 1.82) is 0 Å². The highest BCUT2D eigenvalue weighted by Crippen LogP contribution is 2.23. The molecule has 1 aromatic rings. The first-order chi connectivity index (χ1) is 10.8. The minimum atomic E-state index is -0.539. The summed E-state index contributed by atoms with van der Waals surface area (Å²) >= 11 is 0. The van der Waals surface area contributed by atoms with E-state index in [4.69, 9.17) is 9.47 Å². The average molecular weight is 319 g/mol. The monoisotopic (exact) mass is 319 g/mol. The van der Waals surface area contributed by atoms with Crippen LogP contribution in [0.25, 0.3) is 0 Å². The Hall–Kier alpha value is -2.21. The number of hydrogen-bond donors (Lipinski definition) is 0. The lowest BCUT2D eigenvalue weighted by atomic mass is 10.1. The molecular formula is C17H21NO5. The fourth-order valence-electron chi connectivity index (χ4n) is 2.24. The molecule has 0 aliphatic carbocycles. The summed E-state index contributed by atoms with van der Waals surface area (Å²) < 4.78 is 10.7. The molecule has 1 aliphatic rings. The number of amides is 2. The molecule has 23 heavy (non-hydrogen) atoms. The fourth-order valence-corrected chi connectivity index (χ4v) is 2.24. The van der Waals surface area contributed by atoms with Gasteiger partial charge in [0, 0.05) is 13.7 Å². The lowest BCUT2D eigenvalue weighted by molar-refractivity contribution is -0.00249. The molecule has 1 aliphatic heterocycles. The van der Waals surface area contributed by atoms with E-state index in [0.717, 1.165) is 4.90 Å². The van der Waals surface area contributed by atoms with Crippen LogP contribution in [0.3, 0.4) is 0 Å². The van der Waals surface area contributed by atoms with Gasteiger partial charge in [-0.1, -0.05) is 13.8 Å². The second-order valence-corrected chi connectivity index (χ2v) is 6.08. The molecule has 6 heteroatoms. The number of carbonyl (C=O) groups is 3. The van der Waals surface area contributed by atoms with Gasteiger partial charge in [-0.15, -0.1) is 0 Å². The normalized spacial score (nSPS) is 15.1. The van der Waals surface area contributed by atoms with Gasteiger partial charge in [0.15, 0.2) is 0 Å². The highest BCUT2D eigenvalue weighted by Gasteiger charge is 2.33. The topological polar surface area (TPSA) is 72.9 Å². The van der Waals surface area contributed by atoms with Crippen molar-refractivity contribution < 1.29 is 23.9 Å². The Bertz CT molecular complexity index is 638. The Labute approximate surface area is 135 Å². The van der Waals surface area contributed by atoms with Gasteiger partial charge in [0.1, 0.15) is 6.10 Å². The molecule has 0 aromatic heterocycles. The van der Waals surface area contributed by atoms with Crippen LogP contribution in [0, 0.1) is 5.92 Å². The standard InChI is InChI=1S/C17H21NO5/c1-10(2)8-22-9-11(3)23-17(21)12-5-6-13-14(7-12)16(20)18(4)15(13)19/h5-7,10-11H,8-9H2,1-4H3. The first-order valence-electron chi connectivity index (χ1n) is 7.56. The Kier molecular flexibility index (Phi) is 5.15. The molecule has 0 bridgehead atoms. The molecule has 0 spiro atoms. The van der Waals surface area contributed by atoms with Crippen molar-refractivity contribution >= 4 is 17.8 Å². The maximum absolute atomic E-state index is 12.1. The van der Waals surface area contributed by atoms with Crippen molar-refractivity contribution in [2.75, 3.05) is 20.3 Å². The third-order valence-electron chi connectivity index (χ3n) is 3.44. The molecule has 0 saturated heterocycles. The van der Waals surface area contributed by atoms with Crippen LogP contribution in [0.4, 0.5) is 0 Å². The Balaban J connectivity index is 2.02. The van der Waals surface area contributed by atoms with Gasteiger partial charge >= 0.3 is 5.97 Å². The molecule has 6 nitrogen and oxygen atoms in total. The molecule has 2 amide bonds. The summed E-state index contributed by atoms with van der Waals surface area (Å²) in [6.45, 7) is 6.74. The number of ether oxygens (including phenoxy) is 2. The number of esters is 1. The Morgan fingerprint density at radius 1 is 1.09 bits per heavy atom. The molecule has 0 saturated carbocycles. The molecule has 1 heterocycles. The predicted octanol–water partition coefficient (Wildman–Crippen LogP) is 2.13. The number of hydrogen-bond acceptors (Lipinski definition) is 5. The second kappa shape index (κ2) is 6.91. The van der Waals surface area contributed by atoms with Crippen LogP contribution < -0.4 is 0 Å². The van der Waals surface area contributed by atoms with Crippen LogP contribution in [0.1, 0.15) is 51.8 Å². The van der Waals surface area contributed by atoms with Crippen LogP contribution in [-0.4, -0.2) is 49.0 Å². The van der Waals surface area contributed by atoms with E-state index in [1.807, 2.05) is 13.8 Å². The predicted molar refractivity (Wildman–Crippen MR) is 83.4 cm³/mol. The highest BCUT2D eigenvalue weighted by molar-refractivity contribution is 6.21. The van der Waals surface area contributed by atoms with Crippen LogP contribution in [0.5, 0.6) is 0 Å². The van der Waals surface area contributed by atoms with E-state index in [1.54, 1.807) is 6.92 Å². The van der Waals surface area contributed by atoms with Gasteiger partial charge in [0.05, 0.1) is 23.3 Å². The largest absolute Gasteiger partial charge is 0.457 e. The van der Waals surface area contributed by atoms with Gasteiger partial charge in [0.2, 0.25) is 0 Å². The van der Waals surface area contributed by atoms with Gasteiger partial charge in [-0.3, -0.25) is 14.5 Å². The van der Waals surface area contributed by atoms with Gasteiger partial charge < -0.3 is 9.47 Å². The first-order valence-corrected chi connectivity index (χ1v) is 7.56. The third-order valence-corrected chi connectivity index (χ3v) is 3.44. The zero-order valence-electron chi connectivity index (χ0n) is 13.8. The van der Waals surface area contributed by atoms with Gasteiger partial charge in [-0.2, -0.15) is 0 Å².